The van der Waals surface area contributed by atoms with Gasteiger partial charge in [0, 0.05) is 16.5 Å². The van der Waals surface area contributed by atoms with Crippen LogP contribution in [0.25, 0.3) is 44.2 Å². The van der Waals surface area contributed by atoms with Crippen LogP contribution in [0, 0.1) is 0 Å². The molecule has 0 atom stereocenters. The highest BCUT2D eigenvalue weighted by molar-refractivity contribution is 6.01. The third-order valence-corrected chi connectivity index (χ3v) is 7.95. The van der Waals surface area contributed by atoms with Gasteiger partial charge in [0.25, 0.3) is 0 Å². The van der Waals surface area contributed by atoms with Gasteiger partial charge in [-0.15, -0.1) is 0 Å². The van der Waals surface area contributed by atoms with Crippen LogP contribution in [0.15, 0.2) is 133 Å². The van der Waals surface area contributed by atoms with E-state index in [1.807, 2.05) is 6.07 Å². The van der Waals surface area contributed by atoms with Crippen molar-refractivity contribution in [2.24, 2.45) is 0 Å². The van der Waals surface area contributed by atoms with E-state index >= 15 is 0 Å². The maximum Gasteiger partial charge on any atom is 0.132 e. The molecule has 0 radical (unpaired) electrons. The lowest BCUT2D eigenvalue weighted by molar-refractivity contribution is 0.418. The number of benzene rings is 6. The summed E-state index contributed by atoms with van der Waals surface area (Å²) in [4.78, 5) is 0. The highest BCUT2D eigenvalue weighted by Crippen LogP contribution is 2.49. The number of rotatable bonds is 3. The van der Waals surface area contributed by atoms with Gasteiger partial charge < -0.3 is 4.74 Å². The van der Waals surface area contributed by atoms with Crippen LogP contribution in [0.5, 0.6) is 11.5 Å². The van der Waals surface area contributed by atoms with Crippen LogP contribution in [0.3, 0.4) is 0 Å². The molecule has 1 heteroatoms. The van der Waals surface area contributed by atoms with Gasteiger partial charge >= 0.3 is 0 Å². The molecule has 182 valence electrons. The quantitative estimate of drug-likeness (QED) is 0.241. The minimum absolute atomic E-state index is 0.132. The molecule has 6 aromatic carbocycles. The van der Waals surface area contributed by atoms with E-state index in [9.17, 15) is 0 Å². The lowest BCUT2D eigenvalue weighted by Gasteiger charge is -2.34. The van der Waals surface area contributed by atoms with Crippen molar-refractivity contribution in [1.29, 1.82) is 0 Å². The van der Waals surface area contributed by atoms with Crippen molar-refractivity contribution < 1.29 is 4.74 Å². The summed E-state index contributed by atoms with van der Waals surface area (Å²) in [5.41, 5.74) is 9.53. The maximum atomic E-state index is 6.51. The standard InChI is InChI=1S/C37H28O/c1-37(2)33-17-8-9-18-35(33)38-36-24-28(20-22-34(36)37)32-23-27(25-11-4-3-5-12-25)19-21-31(32)30-16-10-14-26-13-6-7-15-29(26)30/h3-24H,1-2H3. The monoisotopic (exact) mass is 488 g/mol. The van der Waals surface area contributed by atoms with Gasteiger partial charge in [0.05, 0.1) is 0 Å². The van der Waals surface area contributed by atoms with Crippen molar-refractivity contribution in [3.05, 3.63) is 145 Å². The Bertz CT molecular complexity index is 1810. The third-order valence-electron chi connectivity index (χ3n) is 7.95. The second-order valence-electron chi connectivity index (χ2n) is 10.6. The molecule has 0 aromatic heterocycles. The van der Waals surface area contributed by atoms with Gasteiger partial charge in [-0.2, -0.15) is 0 Å². The van der Waals surface area contributed by atoms with E-state index in [2.05, 4.69) is 141 Å². The van der Waals surface area contributed by atoms with Crippen LogP contribution in [0.1, 0.15) is 25.0 Å². The molecule has 6 aromatic rings. The van der Waals surface area contributed by atoms with Gasteiger partial charge in [0.15, 0.2) is 0 Å². The van der Waals surface area contributed by atoms with Crippen molar-refractivity contribution in [2.45, 2.75) is 19.3 Å². The number of hydrogen-bond acceptors (Lipinski definition) is 1. The predicted molar refractivity (Wildman–Crippen MR) is 159 cm³/mol. The van der Waals surface area contributed by atoms with Crippen LogP contribution in [0.4, 0.5) is 0 Å². The van der Waals surface area contributed by atoms with Crippen LogP contribution in [-0.4, -0.2) is 0 Å². The first-order valence-electron chi connectivity index (χ1n) is 13.2. The summed E-state index contributed by atoms with van der Waals surface area (Å²) in [5.74, 6) is 1.87. The predicted octanol–water partition coefficient (Wildman–Crippen LogP) is 10.3. The lowest BCUT2D eigenvalue weighted by Crippen LogP contribution is -2.24. The topological polar surface area (TPSA) is 9.23 Å². The normalized spacial score (nSPS) is 13.4. The first-order chi connectivity index (χ1) is 18.6. The molecule has 38 heavy (non-hydrogen) atoms. The first-order valence-corrected chi connectivity index (χ1v) is 13.2. The summed E-state index contributed by atoms with van der Waals surface area (Å²) in [6.45, 7) is 4.56. The third kappa shape index (κ3) is 3.63. The number of fused-ring (bicyclic) bond motifs is 3. The average molecular weight is 489 g/mol. The summed E-state index contributed by atoms with van der Waals surface area (Å²) in [5, 5.41) is 2.50. The molecule has 0 saturated heterocycles. The molecular weight excluding hydrogens is 460 g/mol. The van der Waals surface area contributed by atoms with Gasteiger partial charge in [0.1, 0.15) is 11.5 Å². The molecule has 1 aliphatic heterocycles. The molecule has 0 N–H and O–H groups in total. The lowest BCUT2D eigenvalue weighted by atomic mass is 9.75. The van der Waals surface area contributed by atoms with Crippen LogP contribution in [-0.2, 0) is 5.41 Å². The van der Waals surface area contributed by atoms with Gasteiger partial charge in [-0.3, -0.25) is 0 Å². The molecule has 0 fully saturated rings. The summed E-state index contributed by atoms with van der Waals surface area (Å²) < 4.78 is 6.51. The average Bonchev–Trinajstić information content (AvgIpc) is 2.97. The Morgan fingerprint density at radius 1 is 0.447 bits per heavy atom. The zero-order valence-electron chi connectivity index (χ0n) is 21.6. The highest BCUT2D eigenvalue weighted by Gasteiger charge is 2.34. The smallest absolute Gasteiger partial charge is 0.132 e. The van der Waals surface area contributed by atoms with Crippen molar-refractivity contribution >= 4 is 10.8 Å². The molecule has 1 aliphatic rings. The van der Waals surface area contributed by atoms with E-state index in [-0.39, 0.29) is 5.41 Å². The first kappa shape index (κ1) is 22.6. The highest BCUT2D eigenvalue weighted by atomic mass is 16.5. The zero-order valence-corrected chi connectivity index (χ0v) is 21.6. The number of para-hydroxylation sites is 1. The molecule has 7 rings (SSSR count). The zero-order chi connectivity index (χ0) is 25.7. The van der Waals surface area contributed by atoms with Crippen LogP contribution >= 0.6 is 0 Å². The van der Waals surface area contributed by atoms with E-state index in [0.717, 1.165) is 17.1 Å². The Balaban J connectivity index is 1.45. The van der Waals surface area contributed by atoms with E-state index in [1.165, 1.54) is 49.7 Å². The number of hydrogen-bond donors (Lipinski definition) is 0. The van der Waals surface area contributed by atoms with Gasteiger partial charge in [-0.1, -0.05) is 129 Å². The Morgan fingerprint density at radius 3 is 2.05 bits per heavy atom. The molecular formula is C37H28O. The molecule has 0 amide bonds. The Morgan fingerprint density at radius 2 is 1.16 bits per heavy atom. The Hall–Kier alpha value is -4.62. The van der Waals surface area contributed by atoms with Crippen molar-refractivity contribution in [3.63, 3.8) is 0 Å². The fraction of sp³-hybridized carbons (Fsp3) is 0.0811. The van der Waals surface area contributed by atoms with Crippen molar-refractivity contribution in [1.82, 2.24) is 0 Å². The summed E-state index contributed by atoms with van der Waals surface area (Å²) >= 11 is 0. The molecule has 0 saturated carbocycles. The molecule has 0 unspecified atom stereocenters. The van der Waals surface area contributed by atoms with Crippen LogP contribution in [0.2, 0.25) is 0 Å². The molecule has 0 bridgehead atoms. The van der Waals surface area contributed by atoms with E-state index < -0.39 is 0 Å². The Labute approximate surface area is 224 Å². The molecule has 0 spiro atoms. The van der Waals surface area contributed by atoms with E-state index in [1.54, 1.807) is 0 Å². The summed E-state index contributed by atoms with van der Waals surface area (Å²) in [7, 11) is 0. The van der Waals surface area contributed by atoms with Gasteiger partial charge in [-0.25, -0.2) is 0 Å². The fourth-order valence-corrected chi connectivity index (χ4v) is 5.91. The Kier molecular flexibility index (Phi) is 5.19. The van der Waals surface area contributed by atoms with Gasteiger partial charge in [0.2, 0.25) is 0 Å². The summed E-state index contributed by atoms with van der Waals surface area (Å²) in [6, 6.07) is 47.8. The minimum Gasteiger partial charge on any atom is -0.457 e. The largest absolute Gasteiger partial charge is 0.457 e. The second-order valence-corrected chi connectivity index (χ2v) is 10.6. The van der Waals surface area contributed by atoms with E-state index in [0.29, 0.717) is 0 Å². The fourth-order valence-electron chi connectivity index (χ4n) is 5.91. The molecule has 1 nitrogen and oxygen atoms in total. The number of ether oxygens (including phenoxy) is 1. The summed E-state index contributed by atoms with van der Waals surface area (Å²) in [6.07, 6.45) is 0. The van der Waals surface area contributed by atoms with Crippen molar-refractivity contribution in [2.75, 3.05) is 0 Å². The molecule has 1 heterocycles. The van der Waals surface area contributed by atoms with Crippen LogP contribution < -0.4 is 4.74 Å². The molecule has 0 aliphatic carbocycles. The van der Waals surface area contributed by atoms with Crippen molar-refractivity contribution in [3.8, 4) is 44.9 Å². The van der Waals surface area contributed by atoms with E-state index in [4.69, 9.17) is 4.74 Å². The second kappa shape index (κ2) is 8.75. The minimum atomic E-state index is -0.132. The maximum absolute atomic E-state index is 6.51. The SMILES string of the molecule is CC1(C)c2ccccc2Oc2cc(-c3cc(-c4ccccc4)ccc3-c3cccc4ccccc34)ccc21. The van der Waals surface area contributed by atoms with Gasteiger partial charge in [-0.05, 0) is 62.4 Å².